The van der Waals surface area contributed by atoms with E-state index in [0.29, 0.717) is 34.1 Å². The van der Waals surface area contributed by atoms with E-state index in [1.807, 2.05) is 24.3 Å². The Morgan fingerprint density at radius 3 is 2.27 bits per heavy atom. The minimum atomic E-state index is -0.517. The van der Waals surface area contributed by atoms with Crippen LogP contribution >= 0.6 is 0 Å². The monoisotopic (exact) mass is 502 g/mol. The first-order valence-corrected chi connectivity index (χ1v) is 11.4. The Morgan fingerprint density at radius 1 is 0.892 bits per heavy atom. The molecule has 4 rings (SSSR count). The number of fused-ring (bicyclic) bond motifs is 1. The van der Waals surface area contributed by atoms with Crippen molar-refractivity contribution >= 4 is 34.5 Å². The summed E-state index contributed by atoms with van der Waals surface area (Å²) in [5.41, 5.74) is 3.28. The molecule has 0 radical (unpaired) electrons. The number of nitrogens with one attached hydrogen (secondary N) is 2. The Kier molecular flexibility index (Phi) is 7.78. The van der Waals surface area contributed by atoms with Crippen LogP contribution in [0.3, 0.4) is 0 Å². The first-order valence-electron chi connectivity index (χ1n) is 11.4. The summed E-state index contributed by atoms with van der Waals surface area (Å²) in [4.78, 5) is 15.9. The number of rotatable bonds is 10. The first-order chi connectivity index (χ1) is 18.0. The molecule has 0 spiro atoms. The van der Waals surface area contributed by atoms with Gasteiger partial charge in [-0.1, -0.05) is 30.4 Å². The maximum absolute atomic E-state index is 14.6. The summed E-state index contributed by atoms with van der Waals surface area (Å²) >= 11 is 0. The van der Waals surface area contributed by atoms with Crippen LogP contribution in [0.5, 0.6) is 23.0 Å². The zero-order valence-electron chi connectivity index (χ0n) is 20.9. The second kappa shape index (κ2) is 11.3. The fourth-order valence-electron chi connectivity index (χ4n) is 3.94. The van der Waals surface area contributed by atoms with Gasteiger partial charge in [-0.2, -0.15) is 0 Å². The third kappa shape index (κ3) is 5.43. The number of H-pyrrole nitrogens is 1. The Morgan fingerprint density at radius 2 is 1.59 bits per heavy atom. The van der Waals surface area contributed by atoms with Gasteiger partial charge >= 0.3 is 0 Å². The summed E-state index contributed by atoms with van der Waals surface area (Å²) < 4.78 is 35.9. The third-order valence-corrected chi connectivity index (χ3v) is 5.79. The van der Waals surface area contributed by atoms with Crippen molar-refractivity contribution in [3.8, 4) is 23.0 Å². The lowest BCUT2D eigenvalue weighted by Gasteiger charge is -2.13. The number of hydrogen-bond acceptors (Lipinski definition) is 6. The molecule has 0 unspecified atom stereocenters. The Bertz CT molecular complexity index is 1460. The number of allylic oxidation sites excluding steroid dienone is 1. The van der Waals surface area contributed by atoms with Crippen molar-refractivity contribution in [2.24, 2.45) is 0 Å². The number of methoxy groups -OCH3 is 4. The van der Waals surface area contributed by atoms with E-state index in [9.17, 15) is 9.18 Å². The number of ether oxygens (including phenoxy) is 4. The van der Waals surface area contributed by atoms with Gasteiger partial charge < -0.3 is 29.2 Å². The third-order valence-electron chi connectivity index (χ3n) is 5.79. The highest BCUT2D eigenvalue weighted by molar-refractivity contribution is 6.13. The Labute approximate surface area is 214 Å². The summed E-state index contributed by atoms with van der Waals surface area (Å²) in [7, 11) is 6.00. The van der Waals surface area contributed by atoms with E-state index in [4.69, 9.17) is 18.9 Å². The minimum Gasteiger partial charge on any atom is -0.494 e. The summed E-state index contributed by atoms with van der Waals surface area (Å²) in [5.74, 6) is 0.859. The van der Waals surface area contributed by atoms with Crippen LogP contribution in [0.4, 0.5) is 10.1 Å². The molecule has 2 N–H and O–H groups in total. The topological polar surface area (TPSA) is 81.8 Å². The maximum atomic E-state index is 14.6. The summed E-state index contributed by atoms with van der Waals surface area (Å²) in [6.07, 6.45) is 8.16. The number of aromatic amines is 1. The number of anilines is 1. The number of carbonyl (C=O) groups excluding carboxylic acids is 1. The standard InChI is InChI=1S/C29H27FN2O5/c1-34-26-16-24(31-12-11-25(33)21-17-32-23-8-6-5-7-20(21)23)19(15-22(26)30)10-9-18-13-27(35-2)29(37-4)28(14-18)36-3/h5-17,31-32H,1-4H3/b10-9-,12-11-. The van der Waals surface area contributed by atoms with Gasteiger partial charge in [0, 0.05) is 52.3 Å². The van der Waals surface area contributed by atoms with Gasteiger partial charge in [0.05, 0.1) is 28.4 Å². The number of benzene rings is 3. The average Bonchev–Trinajstić information content (AvgIpc) is 3.36. The van der Waals surface area contributed by atoms with Crippen molar-refractivity contribution < 1.29 is 28.1 Å². The molecule has 0 amide bonds. The SMILES string of the molecule is COc1cc(N/C=C\C(=O)c2c[nH]c3ccccc23)c(/C=C\c2cc(OC)c(OC)c(OC)c2)cc1F. The quantitative estimate of drug-likeness (QED) is 0.150. The van der Waals surface area contributed by atoms with Crippen LogP contribution in [-0.2, 0) is 0 Å². The number of para-hydroxylation sites is 1. The number of carbonyl (C=O) groups is 1. The average molecular weight is 503 g/mol. The molecule has 0 saturated heterocycles. The first kappa shape index (κ1) is 25.4. The predicted molar refractivity (Wildman–Crippen MR) is 143 cm³/mol. The lowest BCUT2D eigenvalue weighted by atomic mass is 10.1. The molecule has 0 aliphatic carbocycles. The van der Waals surface area contributed by atoms with Crippen molar-refractivity contribution in [2.45, 2.75) is 0 Å². The highest BCUT2D eigenvalue weighted by atomic mass is 19.1. The second-order valence-corrected chi connectivity index (χ2v) is 7.96. The van der Waals surface area contributed by atoms with E-state index in [1.165, 1.54) is 52.8 Å². The van der Waals surface area contributed by atoms with Crippen LogP contribution in [0.15, 0.2) is 67.0 Å². The summed E-state index contributed by atoms with van der Waals surface area (Å²) in [6, 6.07) is 14.0. The molecule has 3 aromatic carbocycles. The fraction of sp³-hybridized carbons (Fsp3) is 0.138. The van der Waals surface area contributed by atoms with E-state index >= 15 is 0 Å². The van der Waals surface area contributed by atoms with E-state index in [1.54, 1.807) is 30.5 Å². The summed E-state index contributed by atoms with van der Waals surface area (Å²) in [6.45, 7) is 0. The highest BCUT2D eigenvalue weighted by Crippen LogP contribution is 2.39. The van der Waals surface area contributed by atoms with Crippen LogP contribution < -0.4 is 24.3 Å². The molecule has 0 aliphatic heterocycles. The van der Waals surface area contributed by atoms with E-state index in [0.717, 1.165) is 16.5 Å². The molecule has 37 heavy (non-hydrogen) atoms. The van der Waals surface area contributed by atoms with Gasteiger partial charge in [-0.15, -0.1) is 0 Å². The normalized spacial score (nSPS) is 11.3. The number of halogens is 1. The van der Waals surface area contributed by atoms with E-state index < -0.39 is 5.82 Å². The van der Waals surface area contributed by atoms with Gasteiger partial charge in [0.2, 0.25) is 5.75 Å². The molecule has 4 aromatic rings. The molecule has 0 atom stereocenters. The van der Waals surface area contributed by atoms with Crippen LogP contribution in [0.1, 0.15) is 21.5 Å². The smallest absolute Gasteiger partial charge is 0.203 e. The predicted octanol–water partition coefficient (Wildman–Crippen LogP) is 6.32. The van der Waals surface area contributed by atoms with Crippen molar-refractivity contribution in [3.63, 3.8) is 0 Å². The van der Waals surface area contributed by atoms with Crippen molar-refractivity contribution in [3.05, 3.63) is 89.5 Å². The number of aromatic nitrogens is 1. The second-order valence-electron chi connectivity index (χ2n) is 7.96. The lowest BCUT2D eigenvalue weighted by molar-refractivity contribution is 0.104. The van der Waals surface area contributed by atoms with Crippen LogP contribution in [0, 0.1) is 5.82 Å². The molecule has 1 heterocycles. The maximum Gasteiger partial charge on any atom is 0.203 e. The molecule has 0 aliphatic rings. The van der Waals surface area contributed by atoms with Crippen molar-refractivity contribution in [2.75, 3.05) is 33.8 Å². The number of ketones is 1. The largest absolute Gasteiger partial charge is 0.494 e. The zero-order valence-corrected chi connectivity index (χ0v) is 20.9. The molecule has 0 saturated carbocycles. The van der Waals surface area contributed by atoms with Gasteiger partial charge in [-0.25, -0.2) is 4.39 Å². The number of hydrogen-bond donors (Lipinski definition) is 2. The van der Waals surface area contributed by atoms with Crippen LogP contribution in [-0.4, -0.2) is 39.2 Å². The van der Waals surface area contributed by atoms with Gasteiger partial charge in [-0.05, 0) is 29.8 Å². The fourth-order valence-corrected chi connectivity index (χ4v) is 3.94. The molecule has 0 bridgehead atoms. The molecule has 8 heteroatoms. The molecule has 0 fully saturated rings. The van der Waals surface area contributed by atoms with E-state index in [-0.39, 0.29) is 11.5 Å². The molecule has 1 aromatic heterocycles. The lowest BCUT2D eigenvalue weighted by Crippen LogP contribution is -1.98. The van der Waals surface area contributed by atoms with Crippen molar-refractivity contribution in [1.82, 2.24) is 4.98 Å². The van der Waals surface area contributed by atoms with Crippen LogP contribution in [0.25, 0.3) is 23.1 Å². The van der Waals surface area contributed by atoms with E-state index in [2.05, 4.69) is 10.3 Å². The van der Waals surface area contributed by atoms with Crippen LogP contribution in [0.2, 0.25) is 0 Å². The van der Waals surface area contributed by atoms with Crippen molar-refractivity contribution in [1.29, 1.82) is 0 Å². The van der Waals surface area contributed by atoms with Gasteiger partial charge in [-0.3, -0.25) is 4.79 Å². The molecule has 190 valence electrons. The zero-order chi connectivity index (χ0) is 26.4. The Balaban J connectivity index is 1.62. The van der Waals surface area contributed by atoms with Gasteiger partial charge in [0.25, 0.3) is 0 Å². The van der Waals surface area contributed by atoms with Gasteiger partial charge in [0.15, 0.2) is 28.8 Å². The highest BCUT2D eigenvalue weighted by Gasteiger charge is 2.13. The minimum absolute atomic E-state index is 0.0730. The molecular weight excluding hydrogens is 475 g/mol. The Hall–Kier alpha value is -4.72. The summed E-state index contributed by atoms with van der Waals surface area (Å²) in [5, 5.41) is 3.92. The van der Waals surface area contributed by atoms with Gasteiger partial charge in [0.1, 0.15) is 0 Å². The molecular formula is C29H27FN2O5. The molecule has 7 nitrogen and oxygen atoms in total.